The van der Waals surface area contributed by atoms with E-state index in [4.69, 9.17) is 0 Å². The van der Waals surface area contributed by atoms with Gasteiger partial charge >= 0.3 is 6.03 Å². The molecule has 1 aliphatic rings. The first kappa shape index (κ1) is 15.4. The Kier molecular flexibility index (Phi) is 4.25. The lowest BCUT2D eigenvalue weighted by atomic mass is 10.2. The minimum absolute atomic E-state index is 0.171. The van der Waals surface area contributed by atoms with Gasteiger partial charge in [0.1, 0.15) is 11.5 Å². The monoisotopic (exact) mass is 374 g/mol. The maximum atomic E-state index is 13.2. The molecule has 116 valence electrons. The van der Waals surface area contributed by atoms with Gasteiger partial charge in [-0.1, -0.05) is 36.4 Å². The van der Waals surface area contributed by atoms with Crippen LogP contribution in [0.15, 0.2) is 58.7 Å². The van der Waals surface area contributed by atoms with Crippen molar-refractivity contribution in [3.63, 3.8) is 0 Å². The standard InChI is InChI=1S/C17H12BrFN2O2/c18-13-8-12(6-7-14(13)19)9-15-16(22)21(17(23)20-15)10-11-4-2-1-3-5-11/h1-9H,10H2,(H,20,23)/b15-9+. The molecular formula is C17H12BrFN2O2. The van der Waals surface area contributed by atoms with Crippen LogP contribution < -0.4 is 5.32 Å². The summed E-state index contributed by atoms with van der Waals surface area (Å²) in [5.74, 6) is -0.793. The molecule has 4 nitrogen and oxygen atoms in total. The number of rotatable bonds is 3. The van der Waals surface area contributed by atoms with Crippen LogP contribution in [-0.2, 0) is 11.3 Å². The van der Waals surface area contributed by atoms with Crippen molar-refractivity contribution in [1.29, 1.82) is 0 Å². The van der Waals surface area contributed by atoms with Crippen LogP contribution in [-0.4, -0.2) is 16.8 Å². The highest BCUT2D eigenvalue weighted by Gasteiger charge is 2.33. The first-order valence-electron chi connectivity index (χ1n) is 6.88. The lowest BCUT2D eigenvalue weighted by Gasteiger charge is -2.11. The van der Waals surface area contributed by atoms with Crippen molar-refractivity contribution in [3.8, 4) is 0 Å². The van der Waals surface area contributed by atoms with Crippen LogP contribution in [0.25, 0.3) is 6.08 Å². The second-order valence-electron chi connectivity index (χ2n) is 5.04. The summed E-state index contributed by atoms with van der Waals surface area (Å²) in [6, 6.07) is 13.2. The second kappa shape index (κ2) is 6.34. The molecule has 0 unspecified atom stereocenters. The van der Waals surface area contributed by atoms with Gasteiger partial charge in [0, 0.05) is 0 Å². The largest absolute Gasteiger partial charge is 0.329 e. The number of halogens is 2. The van der Waals surface area contributed by atoms with Crippen LogP contribution in [0, 0.1) is 5.82 Å². The summed E-state index contributed by atoms with van der Waals surface area (Å²) < 4.78 is 13.5. The lowest BCUT2D eigenvalue weighted by molar-refractivity contribution is -0.123. The van der Waals surface area contributed by atoms with Gasteiger partial charge in [0.25, 0.3) is 5.91 Å². The number of imide groups is 1. The quantitative estimate of drug-likeness (QED) is 0.657. The molecule has 23 heavy (non-hydrogen) atoms. The minimum atomic E-state index is -0.466. The fraction of sp³-hybridized carbons (Fsp3) is 0.0588. The molecule has 0 saturated carbocycles. The van der Waals surface area contributed by atoms with Crippen molar-refractivity contribution < 1.29 is 14.0 Å². The highest BCUT2D eigenvalue weighted by atomic mass is 79.9. The van der Waals surface area contributed by atoms with Gasteiger partial charge in [-0.2, -0.15) is 0 Å². The molecular weight excluding hydrogens is 363 g/mol. The topological polar surface area (TPSA) is 49.4 Å². The summed E-state index contributed by atoms with van der Waals surface area (Å²) in [7, 11) is 0. The molecule has 0 aromatic heterocycles. The van der Waals surface area contributed by atoms with Crippen molar-refractivity contribution in [2.24, 2.45) is 0 Å². The maximum absolute atomic E-state index is 13.2. The normalized spacial score (nSPS) is 16.1. The van der Waals surface area contributed by atoms with Crippen molar-refractivity contribution >= 4 is 33.9 Å². The summed E-state index contributed by atoms with van der Waals surface area (Å²) >= 11 is 3.09. The molecule has 1 heterocycles. The molecule has 6 heteroatoms. The van der Waals surface area contributed by atoms with Gasteiger partial charge in [-0.05, 0) is 45.3 Å². The molecule has 0 atom stereocenters. The number of carbonyl (C=O) groups is 2. The highest BCUT2D eigenvalue weighted by molar-refractivity contribution is 9.10. The Morgan fingerprint density at radius 3 is 2.57 bits per heavy atom. The van der Waals surface area contributed by atoms with Crippen LogP contribution in [0.1, 0.15) is 11.1 Å². The molecule has 1 N–H and O–H groups in total. The van der Waals surface area contributed by atoms with Crippen LogP contribution in [0.2, 0.25) is 0 Å². The van der Waals surface area contributed by atoms with E-state index in [2.05, 4.69) is 21.2 Å². The molecule has 1 saturated heterocycles. The van der Waals surface area contributed by atoms with E-state index in [-0.39, 0.29) is 18.1 Å². The number of hydrogen-bond acceptors (Lipinski definition) is 2. The Balaban J connectivity index is 1.83. The Hall–Kier alpha value is -2.47. The predicted octanol–water partition coefficient (Wildman–Crippen LogP) is 3.68. The van der Waals surface area contributed by atoms with E-state index in [1.54, 1.807) is 6.07 Å². The van der Waals surface area contributed by atoms with E-state index in [0.29, 0.717) is 10.0 Å². The summed E-state index contributed by atoms with van der Waals surface area (Å²) in [6.45, 7) is 0.204. The zero-order chi connectivity index (χ0) is 16.4. The molecule has 2 aromatic carbocycles. The molecule has 3 rings (SSSR count). The minimum Gasteiger partial charge on any atom is -0.303 e. The Morgan fingerprint density at radius 2 is 1.87 bits per heavy atom. The lowest BCUT2D eigenvalue weighted by Crippen LogP contribution is -2.30. The summed E-state index contributed by atoms with van der Waals surface area (Å²) in [5.41, 5.74) is 1.65. The number of nitrogens with one attached hydrogen (secondary N) is 1. The summed E-state index contributed by atoms with van der Waals surface area (Å²) in [5, 5.41) is 2.55. The average molecular weight is 375 g/mol. The third kappa shape index (κ3) is 3.32. The summed E-state index contributed by atoms with van der Waals surface area (Å²) in [6.07, 6.45) is 1.52. The number of benzene rings is 2. The van der Waals surface area contributed by atoms with Crippen LogP contribution >= 0.6 is 15.9 Å². The van der Waals surface area contributed by atoms with Gasteiger partial charge in [-0.3, -0.25) is 9.69 Å². The van der Waals surface area contributed by atoms with Gasteiger partial charge in [0.2, 0.25) is 0 Å². The van der Waals surface area contributed by atoms with Crippen molar-refractivity contribution in [2.75, 3.05) is 0 Å². The van der Waals surface area contributed by atoms with Gasteiger partial charge in [-0.25, -0.2) is 9.18 Å². The first-order chi connectivity index (χ1) is 11.0. The highest BCUT2D eigenvalue weighted by Crippen LogP contribution is 2.21. The zero-order valence-electron chi connectivity index (χ0n) is 11.9. The zero-order valence-corrected chi connectivity index (χ0v) is 13.5. The van der Waals surface area contributed by atoms with Crippen molar-refractivity contribution in [3.05, 3.63) is 75.6 Å². The fourth-order valence-electron chi connectivity index (χ4n) is 2.25. The number of carbonyl (C=O) groups excluding carboxylic acids is 2. The Bertz CT molecular complexity index is 805. The first-order valence-corrected chi connectivity index (χ1v) is 7.67. The van der Waals surface area contributed by atoms with E-state index in [1.165, 1.54) is 18.2 Å². The van der Waals surface area contributed by atoms with Gasteiger partial charge in [0.05, 0.1) is 11.0 Å². The van der Waals surface area contributed by atoms with Gasteiger partial charge < -0.3 is 5.32 Å². The third-order valence-corrected chi connectivity index (χ3v) is 4.01. The summed E-state index contributed by atoms with van der Waals surface area (Å²) in [4.78, 5) is 25.5. The molecule has 1 aliphatic heterocycles. The van der Waals surface area contributed by atoms with E-state index < -0.39 is 11.9 Å². The SMILES string of the molecule is O=C1N/C(=C/c2ccc(F)c(Br)c2)C(=O)N1Cc1ccccc1. The van der Waals surface area contributed by atoms with E-state index in [0.717, 1.165) is 10.5 Å². The molecule has 1 fully saturated rings. The number of urea groups is 1. The molecule has 2 aromatic rings. The molecule has 0 spiro atoms. The predicted molar refractivity (Wildman–Crippen MR) is 87.6 cm³/mol. The van der Waals surface area contributed by atoms with E-state index >= 15 is 0 Å². The average Bonchev–Trinajstić information content (AvgIpc) is 2.80. The van der Waals surface area contributed by atoms with Crippen molar-refractivity contribution in [1.82, 2.24) is 10.2 Å². The second-order valence-corrected chi connectivity index (χ2v) is 5.89. The van der Waals surface area contributed by atoms with E-state index in [1.807, 2.05) is 30.3 Å². The van der Waals surface area contributed by atoms with Gasteiger partial charge in [0.15, 0.2) is 0 Å². The van der Waals surface area contributed by atoms with E-state index in [9.17, 15) is 14.0 Å². The maximum Gasteiger partial charge on any atom is 0.329 e. The number of hydrogen-bond donors (Lipinski definition) is 1. The van der Waals surface area contributed by atoms with Crippen molar-refractivity contribution in [2.45, 2.75) is 6.54 Å². The molecule has 0 radical (unpaired) electrons. The van der Waals surface area contributed by atoms with Crippen LogP contribution in [0.4, 0.5) is 9.18 Å². The smallest absolute Gasteiger partial charge is 0.303 e. The van der Waals surface area contributed by atoms with Gasteiger partial charge in [-0.15, -0.1) is 0 Å². The molecule has 0 bridgehead atoms. The number of nitrogens with zero attached hydrogens (tertiary/aromatic N) is 1. The van der Waals surface area contributed by atoms with Crippen LogP contribution in [0.3, 0.4) is 0 Å². The fourth-order valence-corrected chi connectivity index (χ4v) is 2.65. The Labute approximate surface area is 140 Å². The van der Waals surface area contributed by atoms with Crippen LogP contribution in [0.5, 0.6) is 0 Å². The third-order valence-electron chi connectivity index (χ3n) is 3.40. The Morgan fingerprint density at radius 1 is 1.13 bits per heavy atom. The molecule has 0 aliphatic carbocycles. The molecule has 3 amide bonds. The number of amides is 3.